The van der Waals surface area contributed by atoms with E-state index >= 15 is 0 Å². The van der Waals surface area contributed by atoms with Gasteiger partial charge in [-0.15, -0.1) is 0 Å². The first-order valence-electron chi connectivity index (χ1n) is 3.56. The van der Waals surface area contributed by atoms with E-state index in [0.29, 0.717) is 12.8 Å². The molecule has 0 fully saturated rings. The van der Waals surface area contributed by atoms with Crippen molar-refractivity contribution in [3.63, 3.8) is 0 Å². The summed E-state index contributed by atoms with van der Waals surface area (Å²) >= 11 is 0. The van der Waals surface area contributed by atoms with Gasteiger partial charge in [0.25, 0.3) is 8.87 Å². The fourth-order valence-electron chi connectivity index (χ4n) is 0.645. The Morgan fingerprint density at radius 3 is 1.92 bits per heavy atom. The minimum atomic E-state index is -4.41. The third-order valence-corrected chi connectivity index (χ3v) is 5.47. The highest BCUT2D eigenvalue weighted by molar-refractivity contribution is 8.66. The van der Waals surface area contributed by atoms with Gasteiger partial charge >= 0.3 is 9.06 Å². The molecule has 0 amide bonds. The lowest BCUT2D eigenvalue weighted by Crippen LogP contribution is -2.26. The average molecular weight is 215 g/mol. The van der Waals surface area contributed by atoms with Crippen LogP contribution in [0.5, 0.6) is 0 Å². The average Bonchev–Trinajstić information content (AvgIpc) is 1.85. The molecule has 2 N–H and O–H groups in total. The van der Waals surface area contributed by atoms with Gasteiger partial charge in [0.15, 0.2) is 0 Å². The van der Waals surface area contributed by atoms with Crippen LogP contribution >= 0.6 is 0 Å². The van der Waals surface area contributed by atoms with Crippen LogP contribution in [0.25, 0.3) is 0 Å². The Hall–Kier alpha value is -0.140. The van der Waals surface area contributed by atoms with E-state index in [2.05, 4.69) is 5.14 Å². The van der Waals surface area contributed by atoms with E-state index in [0.717, 1.165) is 6.42 Å². The maximum absolute atomic E-state index is 10.8. The molecule has 0 aliphatic carbocycles. The first-order chi connectivity index (χ1) is 5.31. The Labute approximate surface area is 72.3 Å². The van der Waals surface area contributed by atoms with E-state index in [-0.39, 0.29) is 5.75 Å². The Kier molecular flexibility index (Phi) is 4.15. The lowest BCUT2D eigenvalue weighted by molar-refractivity contribution is 0.580. The van der Waals surface area contributed by atoms with Crippen molar-refractivity contribution in [2.75, 3.05) is 5.75 Å². The smallest absolute Gasteiger partial charge is 0.216 e. The molecular formula is C5H13NO4S2. The second kappa shape index (κ2) is 4.20. The summed E-state index contributed by atoms with van der Waals surface area (Å²) in [4.78, 5) is 0. The second-order valence-corrected chi connectivity index (χ2v) is 7.89. The van der Waals surface area contributed by atoms with Gasteiger partial charge in [-0.05, 0) is 6.42 Å². The van der Waals surface area contributed by atoms with Gasteiger partial charge in [0.05, 0.1) is 5.75 Å². The van der Waals surface area contributed by atoms with Crippen LogP contribution in [0, 0.1) is 0 Å². The Morgan fingerprint density at radius 2 is 1.58 bits per heavy atom. The van der Waals surface area contributed by atoms with Crippen LogP contribution < -0.4 is 5.14 Å². The molecule has 12 heavy (non-hydrogen) atoms. The van der Waals surface area contributed by atoms with E-state index < -0.39 is 17.9 Å². The van der Waals surface area contributed by atoms with Crippen LogP contribution in [0.3, 0.4) is 0 Å². The van der Waals surface area contributed by atoms with E-state index in [1.165, 1.54) is 0 Å². The fraction of sp³-hybridized carbons (Fsp3) is 1.00. The lowest BCUT2D eigenvalue weighted by atomic mass is 10.3. The van der Waals surface area contributed by atoms with Crippen molar-refractivity contribution < 1.29 is 16.8 Å². The number of rotatable bonds is 5. The van der Waals surface area contributed by atoms with Crippen molar-refractivity contribution in [3.05, 3.63) is 0 Å². The molecule has 0 unspecified atom stereocenters. The van der Waals surface area contributed by atoms with Crippen LogP contribution in [0.2, 0.25) is 0 Å². The Bertz CT molecular complexity index is 315. The molecule has 0 spiro atoms. The third-order valence-electron chi connectivity index (χ3n) is 1.35. The molecule has 0 aliphatic heterocycles. The van der Waals surface area contributed by atoms with E-state index in [1.54, 1.807) is 0 Å². The molecule has 5 nitrogen and oxygen atoms in total. The molecule has 0 heterocycles. The summed E-state index contributed by atoms with van der Waals surface area (Å²) < 4.78 is 42.5. The predicted octanol–water partition coefficient (Wildman–Crippen LogP) is -0.205. The molecule has 74 valence electrons. The summed E-state index contributed by atoms with van der Waals surface area (Å²) in [6, 6.07) is 0. The van der Waals surface area contributed by atoms with Gasteiger partial charge in [0, 0.05) is 0 Å². The van der Waals surface area contributed by atoms with Crippen LogP contribution in [0.15, 0.2) is 0 Å². The van der Waals surface area contributed by atoms with Gasteiger partial charge in [-0.1, -0.05) is 19.8 Å². The van der Waals surface area contributed by atoms with Crippen molar-refractivity contribution in [1.82, 2.24) is 0 Å². The maximum atomic E-state index is 10.8. The van der Waals surface area contributed by atoms with Crippen molar-refractivity contribution in [2.45, 2.75) is 26.2 Å². The van der Waals surface area contributed by atoms with Crippen molar-refractivity contribution >= 4 is 17.9 Å². The largest absolute Gasteiger partial charge is 0.314 e. The number of hydrogen-bond acceptors (Lipinski definition) is 4. The monoisotopic (exact) mass is 215 g/mol. The molecule has 7 heteroatoms. The number of unbranched alkanes of at least 4 members (excludes halogenated alkanes) is 2. The fourth-order valence-corrected chi connectivity index (χ4v) is 2.49. The molecular weight excluding hydrogens is 202 g/mol. The number of nitrogens with two attached hydrogens (primary N) is 1. The summed E-state index contributed by atoms with van der Waals surface area (Å²) in [5.74, 6) is -0.375. The molecule has 0 bridgehead atoms. The zero-order valence-corrected chi connectivity index (χ0v) is 8.49. The first kappa shape index (κ1) is 11.9. The standard InChI is InChI=1S/C5H13NO4S2/c1-2-3-4-5-11(7,8)12(6,9)10/h2-5H2,1H3,(H2,6,9,10). The highest BCUT2D eigenvalue weighted by Gasteiger charge is 2.23. The molecule has 0 aliphatic rings. The molecule has 0 atom stereocenters. The molecule has 0 saturated carbocycles. The Balaban J connectivity index is 4.28. The maximum Gasteiger partial charge on any atom is 0.314 e. The van der Waals surface area contributed by atoms with Crippen LogP contribution in [-0.4, -0.2) is 22.6 Å². The molecule has 0 rings (SSSR count). The van der Waals surface area contributed by atoms with Crippen molar-refractivity contribution in [1.29, 1.82) is 0 Å². The molecule has 0 radical (unpaired) electrons. The topological polar surface area (TPSA) is 94.3 Å². The summed E-state index contributed by atoms with van der Waals surface area (Å²) in [6.07, 6.45) is 1.87. The van der Waals surface area contributed by atoms with E-state index in [4.69, 9.17) is 0 Å². The second-order valence-electron chi connectivity index (χ2n) is 2.46. The normalized spacial score (nSPS) is 13.2. The highest BCUT2D eigenvalue weighted by Crippen LogP contribution is 2.03. The predicted molar refractivity (Wildman–Crippen MR) is 46.4 cm³/mol. The molecule has 0 aromatic carbocycles. The summed E-state index contributed by atoms with van der Waals surface area (Å²) in [5.41, 5.74) is 0. The summed E-state index contributed by atoms with van der Waals surface area (Å²) in [6.45, 7) is 1.89. The molecule has 0 saturated heterocycles. The lowest BCUT2D eigenvalue weighted by Gasteiger charge is -1.99. The van der Waals surface area contributed by atoms with Crippen molar-refractivity contribution in [3.8, 4) is 0 Å². The van der Waals surface area contributed by atoms with Crippen LogP contribution in [-0.2, 0) is 17.9 Å². The van der Waals surface area contributed by atoms with Gasteiger partial charge in [0.2, 0.25) is 0 Å². The minimum absolute atomic E-state index is 0.343. The SMILES string of the molecule is CCCCCS(=O)(=O)S(N)(=O)=O. The molecule has 0 aromatic heterocycles. The Morgan fingerprint density at radius 1 is 1.08 bits per heavy atom. The van der Waals surface area contributed by atoms with Gasteiger partial charge in [-0.3, -0.25) is 0 Å². The zero-order chi connectivity index (χ0) is 9.83. The van der Waals surface area contributed by atoms with Gasteiger partial charge in [-0.2, -0.15) is 8.42 Å². The summed E-state index contributed by atoms with van der Waals surface area (Å²) in [7, 11) is -8.53. The molecule has 0 aromatic rings. The zero-order valence-electron chi connectivity index (χ0n) is 6.86. The summed E-state index contributed by atoms with van der Waals surface area (Å²) in [5, 5.41) is 4.48. The van der Waals surface area contributed by atoms with Gasteiger partial charge < -0.3 is 0 Å². The third kappa shape index (κ3) is 3.51. The van der Waals surface area contributed by atoms with Crippen LogP contribution in [0.4, 0.5) is 0 Å². The van der Waals surface area contributed by atoms with Gasteiger partial charge in [-0.25, -0.2) is 13.6 Å². The van der Waals surface area contributed by atoms with E-state index in [9.17, 15) is 16.8 Å². The first-order valence-corrected chi connectivity index (χ1v) is 7.28. The van der Waals surface area contributed by atoms with Crippen LogP contribution in [0.1, 0.15) is 26.2 Å². The van der Waals surface area contributed by atoms with Crippen molar-refractivity contribution in [2.24, 2.45) is 5.14 Å². The quantitative estimate of drug-likeness (QED) is 0.507. The van der Waals surface area contributed by atoms with Gasteiger partial charge in [0.1, 0.15) is 0 Å². The number of hydrogen-bond donors (Lipinski definition) is 1. The van der Waals surface area contributed by atoms with E-state index in [1.807, 2.05) is 6.92 Å². The highest BCUT2D eigenvalue weighted by atomic mass is 33.2. The minimum Gasteiger partial charge on any atom is -0.216 e.